The van der Waals surface area contributed by atoms with E-state index < -0.39 is 0 Å². The Balaban J connectivity index is 1.30. The van der Waals surface area contributed by atoms with Crippen LogP contribution in [0.5, 0.6) is 17.2 Å². The second kappa shape index (κ2) is 6.52. The molecule has 122 valence electrons. The first-order valence-corrected chi connectivity index (χ1v) is 7.74. The molecule has 1 saturated heterocycles. The fraction of sp³-hybridized carbons (Fsp3) is 0.412. The van der Waals surface area contributed by atoms with Gasteiger partial charge in [0.05, 0.1) is 19.1 Å². The second-order valence-corrected chi connectivity index (χ2v) is 5.69. The van der Waals surface area contributed by atoms with Gasteiger partial charge in [-0.1, -0.05) is 0 Å². The van der Waals surface area contributed by atoms with E-state index >= 15 is 0 Å². The maximum atomic E-state index is 5.85. The van der Waals surface area contributed by atoms with E-state index in [2.05, 4.69) is 4.90 Å². The summed E-state index contributed by atoms with van der Waals surface area (Å²) in [5.41, 5.74) is 1.18. The van der Waals surface area contributed by atoms with Crippen LogP contribution in [0.15, 0.2) is 41.2 Å². The summed E-state index contributed by atoms with van der Waals surface area (Å²) in [7, 11) is 0. The van der Waals surface area contributed by atoms with Crippen LogP contribution in [-0.2, 0) is 11.3 Å². The summed E-state index contributed by atoms with van der Waals surface area (Å²) in [6.45, 7) is 4.14. The molecule has 23 heavy (non-hydrogen) atoms. The summed E-state index contributed by atoms with van der Waals surface area (Å²) >= 11 is 0. The molecule has 0 radical (unpaired) electrons. The summed E-state index contributed by atoms with van der Waals surface area (Å²) in [5.74, 6) is 2.26. The quantitative estimate of drug-likeness (QED) is 0.843. The van der Waals surface area contributed by atoms with Gasteiger partial charge in [0, 0.05) is 31.3 Å². The molecule has 6 nitrogen and oxygen atoms in total. The number of nitrogens with zero attached hydrogens (tertiary/aromatic N) is 1. The van der Waals surface area contributed by atoms with Crippen LogP contribution in [0.4, 0.5) is 0 Å². The molecule has 2 aliphatic heterocycles. The van der Waals surface area contributed by atoms with Crippen LogP contribution >= 0.6 is 0 Å². The van der Waals surface area contributed by atoms with Gasteiger partial charge in [0.2, 0.25) is 6.79 Å². The van der Waals surface area contributed by atoms with Gasteiger partial charge in [0.1, 0.15) is 18.5 Å². The first-order valence-electron chi connectivity index (χ1n) is 7.74. The maximum absolute atomic E-state index is 5.85. The van der Waals surface area contributed by atoms with Crippen molar-refractivity contribution in [1.29, 1.82) is 0 Å². The number of fused-ring (bicyclic) bond motifs is 1. The number of hydrogen-bond donors (Lipinski definition) is 0. The Morgan fingerprint density at radius 1 is 1.17 bits per heavy atom. The predicted molar refractivity (Wildman–Crippen MR) is 81.8 cm³/mol. The van der Waals surface area contributed by atoms with Gasteiger partial charge >= 0.3 is 0 Å². The van der Waals surface area contributed by atoms with E-state index in [4.69, 9.17) is 23.4 Å². The number of hydrogen-bond acceptors (Lipinski definition) is 6. The summed E-state index contributed by atoms with van der Waals surface area (Å²) in [4.78, 5) is 2.35. The third-order valence-electron chi connectivity index (χ3n) is 3.99. The molecule has 0 amide bonds. The van der Waals surface area contributed by atoms with Crippen LogP contribution in [0.3, 0.4) is 0 Å². The van der Waals surface area contributed by atoms with Crippen LogP contribution in [0.1, 0.15) is 5.56 Å². The first kappa shape index (κ1) is 14.4. The van der Waals surface area contributed by atoms with Gasteiger partial charge < -0.3 is 23.4 Å². The van der Waals surface area contributed by atoms with Crippen LogP contribution in [0.25, 0.3) is 0 Å². The molecule has 4 rings (SSSR count). The minimum Gasteiger partial charge on any atom is -0.491 e. The Kier molecular flexibility index (Phi) is 4.08. The van der Waals surface area contributed by atoms with Crippen molar-refractivity contribution in [3.63, 3.8) is 0 Å². The average molecular weight is 317 g/mol. The maximum Gasteiger partial charge on any atom is 0.231 e. The number of rotatable bonds is 5. The lowest BCUT2D eigenvalue weighted by Crippen LogP contribution is -2.44. The van der Waals surface area contributed by atoms with Gasteiger partial charge in [0.15, 0.2) is 11.5 Å². The van der Waals surface area contributed by atoms with Crippen molar-refractivity contribution in [3.05, 3.63) is 42.4 Å². The van der Waals surface area contributed by atoms with Crippen molar-refractivity contribution in [2.75, 3.05) is 33.1 Å². The zero-order valence-corrected chi connectivity index (χ0v) is 12.8. The SMILES string of the molecule is c1cc(CN2CCOC(COc3ccc4c(c3)OCO4)C2)co1. The van der Waals surface area contributed by atoms with Crippen LogP contribution in [0, 0.1) is 0 Å². The second-order valence-electron chi connectivity index (χ2n) is 5.69. The summed E-state index contributed by atoms with van der Waals surface area (Å²) in [5, 5.41) is 0. The highest BCUT2D eigenvalue weighted by atomic mass is 16.7. The standard InChI is InChI=1S/C17H19NO5/c1-2-16-17(23-12-22-16)7-14(1)21-11-15-9-18(4-6-20-15)8-13-3-5-19-10-13/h1-3,5,7,10,15H,4,6,8-9,11-12H2. The highest BCUT2D eigenvalue weighted by molar-refractivity contribution is 5.46. The molecule has 0 saturated carbocycles. The molecule has 1 unspecified atom stereocenters. The number of ether oxygens (including phenoxy) is 4. The third-order valence-corrected chi connectivity index (χ3v) is 3.99. The molecular formula is C17H19NO5. The molecule has 6 heteroatoms. The van der Waals surface area contributed by atoms with E-state index in [9.17, 15) is 0 Å². The number of furan rings is 1. The van der Waals surface area contributed by atoms with E-state index in [-0.39, 0.29) is 12.9 Å². The minimum atomic E-state index is 0.0565. The molecule has 0 bridgehead atoms. The van der Waals surface area contributed by atoms with Gasteiger partial charge in [-0.05, 0) is 18.2 Å². The highest BCUT2D eigenvalue weighted by Gasteiger charge is 2.22. The monoisotopic (exact) mass is 317 g/mol. The Labute approximate surface area is 134 Å². The topological polar surface area (TPSA) is 53.3 Å². The lowest BCUT2D eigenvalue weighted by molar-refractivity contribution is -0.0504. The van der Waals surface area contributed by atoms with Gasteiger partial charge in [0.25, 0.3) is 0 Å². The molecule has 0 aliphatic carbocycles. The van der Waals surface area contributed by atoms with Gasteiger partial charge in [-0.3, -0.25) is 4.90 Å². The molecule has 2 aliphatic rings. The van der Waals surface area contributed by atoms with Crippen LogP contribution < -0.4 is 14.2 Å². The van der Waals surface area contributed by atoms with Crippen LogP contribution in [-0.4, -0.2) is 44.1 Å². The van der Waals surface area contributed by atoms with Gasteiger partial charge in [-0.25, -0.2) is 0 Å². The molecule has 1 atom stereocenters. The molecule has 1 aromatic carbocycles. The van der Waals surface area contributed by atoms with Gasteiger partial charge in [-0.15, -0.1) is 0 Å². The number of benzene rings is 1. The molecule has 3 heterocycles. The lowest BCUT2D eigenvalue weighted by Gasteiger charge is -2.32. The minimum absolute atomic E-state index is 0.0565. The average Bonchev–Trinajstić information content (AvgIpc) is 3.24. The Hall–Kier alpha value is -2.18. The smallest absolute Gasteiger partial charge is 0.231 e. The third kappa shape index (κ3) is 3.43. The van der Waals surface area contributed by atoms with Crippen molar-refractivity contribution in [2.45, 2.75) is 12.6 Å². The Morgan fingerprint density at radius 3 is 3.04 bits per heavy atom. The van der Waals surface area contributed by atoms with E-state index in [1.165, 1.54) is 5.56 Å². The predicted octanol–water partition coefficient (Wildman–Crippen LogP) is 2.29. The number of morpholine rings is 1. The van der Waals surface area contributed by atoms with Gasteiger partial charge in [-0.2, -0.15) is 0 Å². The Morgan fingerprint density at radius 2 is 2.13 bits per heavy atom. The summed E-state index contributed by atoms with van der Waals surface area (Å²) in [6, 6.07) is 7.60. The van der Waals surface area contributed by atoms with Crippen LogP contribution in [0.2, 0.25) is 0 Å². The van der Waals surface area contributed by atoms with E-state index in [0.717, 1.165) is 36.9 Å². The lowest BCUT2D eigenvalue weighted by atomic mass is 10.2. The molecule has 2 aromatic rings. The molecule has 0 N–H and O–H groups in total. The highest BCUT2D eigenvalue weighted by Crippen LogP contribution is 2.35. The van der Waals surface area contributed by atoms with E-state index in [1.807, 2.05) is 24.3 Å². The van der Waals surface area contributed by atoms with E-state index in [0.29, 0.717) is 13.2 Å². The molecule has 1 fully saturated rings. The zero-order valence-electron chi connectivity index (χ0n) is 12.8. The first-order chi connectivity index (χ1) is 11.4. The van der Waals surface area contributed by atoms with Crippen molar-refractivity contribution in [2.24, 2.45) is 0 Å². The van der Waals surface area contributed by atoms with Crippen molar-refractivity contribution < 1.29 is 23.4 Å². The molecular weight excluding hydrogens is 298 g/mol. The molecule has 0 spiro atoms. The summed E-state index contributed by atoms with van der Waals surface area (Å²) < 4.78 is 27.4. The fourth-order valence-corrected chi connectivity index (χ4v) is 2.82. The van der Waals surface area contributed by atoms with Crippen molar-refractivity contribution in [3.8, 4) is 17.2 Å². The van der Waals surface area contributed by atoms with Crippen molar-refractivity contribution >= 4 is 0 Å². The largest absolute Gasteiger partial charge is 0.491 e. The fourth-order valence-electron chi connectivity index (χ4n) is 2.82. The van der Waals surface area contributed by atoms with Crippen molar-refractivity contribution in [1.82, 2.24) is 4.90 Å². The zero-order chi connectivity index (χ0) is 15.5. The Bertz CT molecular complexity index is 642. The summed E-state index contributed by atoms with van der Waals surface area (Å²) in [6.07, 6.45) is 3.55. The van der Waals surface area contributed by atoms with E-state index in [1.54, 1.807) is 12.5 Å². The molecule has 1 aromatic heterocycles. The normalized spacial score (nSPS) is 20.6.